The number of rotatable bonds is 4. The van der Waals surface area contributed by atoms with E-state index in [0.29, 0.717) is 11.3 Å². The zero-order chi connectivity index (χ0) is 12.5. The monoisotopic (exact) mass is 256 g/mol. The number of hydrogen-bond acceptors (Lipinski definition) is 3. The van der Waals surface area contributed by atoms with E-state index >= 15 is 0 Å². The molecule has 0 radical (unpaired) electrons. The highest BCUT2D eigenvalue weighted by molar-refractivity contribution is 7.99. The lowest BCUT2D eigenvalue weighted by Gasteiger charge is -2.25. The average Bonchev–Trinajstić information content (AvgIpc) is 3.01. The zero-order valence-electron chi connectivity index (χ0n) is 11.1. The molecule has 0 aromatic carbocycles. The van der Waals surface area contributed by atoms with Crippen LogP contribution in [0.3, 0.4) is 0 Å². The number of amides is 1. The lowest BCUT2D eigenvalue weighted by Crippen LogP contribution is -2.39. The van der Waals surface area contributed by atoms with Crippen molar-refractivity contribution in [1.82, 2.24) is 10.6 Å². The van der Waals surface area contributed by atoms with Gasteiger partial charge in [0.05, 0.1) is 0 Å². The maximum absolute atomic E-state index is 12.1. The van der Waals surface area contributed by atoms with E-state index in [2.05, 4.69) is 30.7 Å². The maximum atomic E-state index is 12.1. The second kappa shape index (κ2) is 4.81. The first-order valence-electron chi connectivity index (χ1n) is 6.53. The molecule has 1 saturated carbocycles. The summed E-state index contributed by atoms with van der Waals surface area (Å²) < 4.78 is 0.145. The van der Waals surface area contributed by atoms with E-state index in [1.807, 2.05) is 0 Å². The first-order valence-corrected chi connectivity index (χ1v) is 7.75. The molecule has 1 atom stereocenters. The summed E-state index contributed by atoms with van der Waals surface area (Å²) in [6.45, 7) is 7.29. The highest BCUT2D eigenvalue weighted by Gasteiger charge is 2.57. The normalized spacial score (nSPS) is 26.9. The van der Waals surface area contributed by atoms with E-state index in [1.54, 1.807) is 11.8 Å². The van der Waals surface area contributed by atoms with Gasteiger partial charge in [0.1, 0.15) is 0 Å². The second-order valence-electron chi connectivity index (χ2n) is 6.05. The van der Waals surface area contributed by atoms with Crippen LogP contribution in [0.1, 0.15) is 33.1 Å². The van der Waals surface area contributed by atoms with Crippen LogP contribution in [0.2, 0.25) is 0 Å². The standard InChI is InChI=1S/C13H24N2OS/c1-12(2,17-3)9-15-11(16)10-8-13(10)4-6-14-7-5-13/h10,14H,4-9H2,1-3H3,(H,15,16). The van der Waals surface area contributed by atoms with Crippen LogP contribution in [0.5, 0.6) is 0 Å². The maximum Gasteiger partial charge on any atom is 0.223 e. The molecule has 2 rings (SSSR count). The predicted octanol–water partition coefficient (Wildman–Crippen LogP) is 1.63. The fourth-order valence-corrected chi connectivity index (χ4v) is 2.91. The molecule has 2 aliphatic rings. The van der Waals surface area contributed by atoms with Gasteiger partial charge in [0.15, 0.2) is 0 Å². The molecule has 1 unspecified atom stereocenters. The molecule has 0 aromatic rings. The molecule has 0 bridgehead atoms. The van der Waals surface area contributed by atoms with Crippen molar-refractivity contribution >= 4 is 17.7 Å². The van der Waals surface area contributed by atoms with Crippen molar-refractivity contribution in [2.45, 2.75) is 37.9 Å². The summed E-state index contributed by atoms with van der Waals surface area (Å²) in [5.41, 5.74) is 0.360. The summed E-state index contributed by atoms with van der Waals surface area (Å²) in [6.07, 6.45) is 5.56. The first kappa shape index (κ1) is 13.2. The number of nitrogens with one attached hydrogen (secondary N) is 2. The van der Waals surface area contributed by atoms with Gasteiger partial charge in [-0.2, -0.15) is 11.8 Å². The van der Waals surface area contributed by atoms with Crippen molar-refractivity contribution < 1.29 is 4.79 Å². The minimum Gasteiger partial charge on any atom is -0.354 e. The number of carbonyl (C=O) groups is 1. The Kier molecular flexibility index (Phi) is 3.74. The topological polar surface area (TPSA) is 41.1 Å². The zero-order valence-corrected chi connectivity index (χ0v) is 12.0. The largest absolute Gasteiger partial charge is 0.354 e. The van der Waals surface area contributed by atoms with E-state index in [4.69, 9.17) is 0 Å². The lowest BCUT2D eigenvalue weighted by molar-refractivity contribution is -0.123. The van der Waals surface area contributed by atoms with Gasteiger partial charge in [0, 0.05) is 17.2 Å². The van der Waals surface area contributed by atoms with Crippen LogP contribution in [0.25, 0.3) is 0 Å². The van der Waals surface area contributed by atoms with Crippen LogP contribution in [0, 0.1) is 11.3 Å². The van der Waals surface area contributed by atoms with E-state index in [1.165, 1.54) is 12.8 Å². The van der Waals surface area contributed by atoms with Gasteiger partial charge < -0.3 is 10.6 Å². The van der Waals surface area contributed by atoms with Gasteiger partial charge in [0.25, 0.3) is 0 Å². The van der Waals surface area contributed by atoms with Crippen molar-refractivity contribution in [2.24, 2.45) is 11.3 Å². The van der Waals surface area contributed by atoms with Gasteiger partial charge in [-0.05, 0) is 57.9 Å². The third kappa shape index (κ3) is 2.97. The van der Waals surface area contributed by atoms with Crippen molar-refractivity contribution in [3.05, 3.63) is 0 Å². The van der Waals surface area contributed by atoms with Crippen molar-refractivity contribution in [3.8, 4) is 0 Å². The van der Waals surface area contributed by atoms with Gasteiger partial charge in [-0.15, -0.1) is 0 Å². The smallest absolute Gasteiger partial charge is 0.223 e. The molecule has 1 saturated heterocycles. The molecule has 1 aliphatic heterocycles. The molecule has 4 heteroatoms. The molecular formula is C13H24N2OS. The molecule has 2 fully saturated rings. The highest BCUT2D eigenvalue weighted by atomic mass is 32.2. The van der Waals surface area contributed by atoms with Crippen LogP contribution < -0.4 is 10.6 Å². The molecule has 1 spiro atoms. The number of piperidine rings is 1. The first-order chi connectivity index (χ1) is 7.99. The molecule has 3 nitrogen and oxygen atoms in total. The Morgan fingerprint density at radius 3 is 2.71 bits per heavy atom. The number of thioether (sulfide) groups is 1. The van der Waals surface area contributed by atoms with Crippen LogP contribution in [0.4, 0.5) is 0 Å². The molecule has 17 heavy (non-hydrogen) atoms. The third-order valence-corrected chi connectivity index (χ3v) is 5.60. The van der Waals surface area contributed by atoms with Crippen LogP contribution in [-0.2, 0) is 4.79 Å². The van der Waals surface area contributed by atoms with Crippen LogP contribution in [0.15, 0.2) is 0 Å². The van der Waals surface area contributed by atoms with Gasteiger partial charge in [-0.1, -0.05) is 0 Å². The Bertz CT molecular complexity index is 298. The predicted molar refractivity (Wildman–Crippen MR) is 73.2 cm³/mol. The fourth-order valence-electron chi connectivity index (χ4n) is 2.69. The van der Waals surface area contributed by atoms with Crippen molar-refractivity contribution in [2.75, 3.05) is 25.9 Å². The molecule has 1 aliphatic carbocycles. The summed E-state index contributed by atoms with van der Waals surface area (Å²) >= 11 is 1.80. The summed E-state index contributed by atoms with van der Waals surface area (Å²) in [6, 6.07) is 0. The van der Waals surface area contributed by atoms with E-state index in [-0.39, 0.29) is 10.7 Å². The van der Waals surface area contributed by atoms with Crippen molar-refractivity contribution in [3.63, 3.8) is 0 Å². The van der Waals surface area contributed by atoms with Gasteiger partial charge in [0.2, 0.25) is 5.91 Å². The number of carbonyl (C=O) groups excluding carboxylic acids is 1. The third-order valence-electron chi connectivity index (χ3n) is 4.35. The molecule has 1 amide bonds. The summed E-state index contributed by atoms with van der Waals surface area (Å²) in [5, 5.41) is 6.50. The molecular weight excluding hydrogens is 232 g/mol. The van der Waals surface area contributed by atoms with Gasteiger partial charge >= 0.3 is 0 Å². The molecule has 0 aromatic heterocycles. The molecule has 2 N–H and O–H groups in total. The Morgan fingerprint density at radius 2 is 2.12 bits per heavy atom. The Balaban J connectivity index is 1.79. The summed E-state index contributed by atoms with van der Waals surface area (Å²) in [5.74, 6) is 0.580. The molecule has 1 heterocycles. The Hall–Kier alpha value is -0.220. The highest BCUT2D eigenvalue weighted by Crippen LogP contribution is 2.58. The van der Waals surface area contributed by atoms with Crippen LogP contribution >= 0.6 is 11.8 Å². The van der Waals surface area contributed by atoms with E-state index in [0.717, 1.165) is 26.1 Å². The number of hydrogen-bond donors (Lipinski definition) is 2. The fraction of sp³-hybridized carbons (Fsp3) is 0.923. The Morgan fingerprint density at radius 1 is 1.47 bits per heavy atom. The van der Waals surface area contributed by atoms with Crippen molar-refractivity contribution in [1.29, 1.82) is 0 Å². The minimum absolute atomic E-state index is 0.145. The Labute approximate surface area is 108 Å². The summed E-state index contributed by atoms with van der Waals surface area (Å²) in [4.78, 5) is 12.1. The average molecular weight is 256 g/mol. The SMILES string of the molecule is CSC(C)(C)CNC(=O)C1CC12CCNCC2. The lowest BCUT2D eigenvalue weighted by atomic mass is 9.92. The minimum atomic E-state index is 0.145. The summed E-state index contributed by atoms with van der Waals surface area (Å²) in [7, 11) is 0. The van der Waals surface area contributed by atoms with E-state index < -0.39 is 0 Å². The quantitative estimate of drug-likeness (QED) is 0.803. The van der Waals surface area contributed by atoms with Crippen LogP contribution in [-0.4, -0.2) is 36.5 Å². The molecule has 98 valence electrons. The van der Waals surface area contributed by atoms with Gasteiger partial charge in [-0.25, -0.2) is 0 Å². The van der Waals surface area contributed by atoms with E-state index in [9.17, 15) is 4.79 Å². The second-order valence-corrected chi connectivity index (χ2v) is 7.56. The van der Waals surface area contributed by atoms with Gasteiger partial charge in [-0.3, -0.25) is 4.79 Å².